The van der Waals surface area contributed by atoms with Gasteiger partial charge in [-0.25, -0.2) is 0 Å². The number of carbonyl (C=O) groups is 2. The Hall–Kier alpha value is -1.95. The lowest BCUT2D eigenvalue weighted by atomic mass is 10.1. The van der Waals surface area contributed by atoms with E-state index < -0.39 is 11.9 Å². The summed E-state index contributed by atoms with van der Waals surface area (Å²) in [6.45, 7) is 2.50. The molecule has 0 aliphatic carbocycles. The number of carbonyl (C=O) groups excluding carboxylic acids is 2. The van der Waals surface area contributed by atoms with Crippen molar-refractivity contribution in [1.82, 2.24) is 9.88 Å². The van der Waals surface area contributed by atoms with Gasteiger partial charge in [0.15, 0.2) is 0 Å². The van der Waals surface area contributed by atoms with Gasteiger partial charge in [0.05, 0.1) is 12.7 Å². The topological polar surface area (TPSA) is 85.5 Å². The third-order valence-electron chi connectivity index (χ3n) is 2.97. The first kappa shape index (κ1) is 12.5. The first-order valence-corrected chi connectivity index (χ1v) is 5.73. The van der Waals surface area contributed by atoms with Crippen molar-refractivity contribution in [1.29, 1.82) is 0 Å². The molecule has 2 rings (SSSR count). The number of morpholine rings is 1. The molecule has 1 aromatic heterocycles. The Bertz CT molecular complexity index is 449. The molecule has 1 aliphatic heterocycles. The van der Waals surface area contributed by atoms with Crippen LogP contribution >= 0.6 is 0 Å². The lowest BCUT2D eigenvalue weighted by Gasteiger charge is -2.37. The number of aromatic nitrogens is 1. The van der Waals surface area contributed by atoms with E-state index in [1.54, 1.807) is 19.1 Å². The Morgan fingerprint density at radius 3 is 2.72 bits per heavy atom. The smallest absolute Gasteiger partial charge is 0.254 e. The van der Waals surface area contributed by atoms with Crippen LogP contribution in [0.5, 0.6) is 0 Å². The van der Waals surface area contributed by atoms with Crippen molar-refractivity contribution in [3.8, 4) is 0 Å². The van der Waals surface area contributed by atoms with Gasteiger partial charge in [0, 0.05) is 24.5 Å². The Morgan fingerprint density at radius 2 is 2.11 bits per heavy atom. The van der Waals surface area contributed by atoms with Gasteiger partial charge in [0.2, 0.25) is 5.91 Å². The van der Waals surface area contributed by atoms with Gasteiger partial charge in [-0.15, -0.1) is 0 Å². The van der Waals surface area contributed by atoms with Crippen molar-refractivity contribution in [2.75, 3.05) is 13.2 Å². The van der Waals surface area contributed by atoms with Crippen LogP contribution in [0.4, 0.5) is 0 Å². The van der Waals surface area contributed by atoms with Crippen LogP contribution in [-0.4, -0.2) is 47.0 Å². The molecule has 6 heteroatoms. The van der Waals surface area contributed by atoms with Crippen LogP contribution in [0, 0.1) is 0 Å². The second-order valence-corrected chi connectivity index (χ2v) is 4.16. The summed E-state index contributed by atoms with van der Waals surface area (Å²) in [5, 5.41) is 0. The first-order valence-electron chi connectivity index (χ1n) is 5.73. The zero-order chi connectivity index (χ0) is 13.1. The first-order chi connectivity index (χ1) is 8.61. The number of hydrogen-bond acceptors (Lipinski definition) is 4. The summed E-state index contributed by atoms with van der Waals surface area (Å²) >= 11 is 0. The molecule has 0 unspecified atom stereocenters. The van der Waals surface area contributed by atoms with E-state index in [2.05, 4.69) is 4.98 Å². The molecule has 0 saturated carbocycles. The number of rotatable bonds is 2. The van der Waals surface area contributed by atoms with Gasteiger partial charge >= 0.3 is 0 Å². The molecule has 0 spiro atoms. The summed E-state index contributed by atoms with van der Waals surface area (Å²) in [6, 6.07) is 2.50. The number of hydrogen-bond donors (Lipinski definition) is 1. The predicted molar refractivity (Wildman–Crippen MR) is 63.7 cm³/mol. The Kier molecular flexibility index (Phi) is 3.57. The van der Waals surface area contributed by atoms with Crippen LogP contribution in [0.15, 0.2) is 24.5 Å². The second-order valence-electron chi connectivity index (χ2n) is 4.16. The fraction of sp³-hybridized carbons (Fsp3) is 0.417. The zero-order valence-corrected chi connectivity index (χ0v) is 10.1. The average molecular weight is 249 g/mol. The van der Waals surface area contributed by atoms with E-state index in [1.807, 2.05) is 0 Å². The molecule has 18 heavy (non-hydrogen) atoms. The van der Waals surface area contributed by atoms with Crippen molar-refractivity contribution in [2.24, 2.45) is 5.73 Å². The van der Waals surface area contributed by atoms with E-state index in [4.69, 9.17) is 10.5 Å². The van der Waals surface area contributed by atoms with Crippen LogP contribution in [-0.2, 0) is 9.53 Å². The van der Waals surface area contributed by atoms with E-state index in [0.29, 0.717) is 18.7 Å². The van der Waals surface area contributed by atoms with E-state index >= 15 is 0 Å². The summed E-state index contributed by atoms with van der Waals surface area (Å²) < 4.78 is 5.36. The summed E-state index contributed by atoms with van der Waals surface area (Å²) in [7, 11) is 0. The highest BCUT2D eigenvalue weighted by atomic mass is 16.5. The SMILES string of the molecule is C[C@H]1OCCN(C(=O)c2ccncc2)[C@@H]1C(N)=O. The van der Waals surface area contributed by atoms with Crippen molar-refractivity contribution in [3.05, 3.63) is 30.1 Å². The number of ether oxygens (including phenoxy) is 1. The lowest BCUT2D eigenvalue weighted by Crippen LogP contribution is -2.58. The molecule has 2 amide bonds. The molecule has 2 atom stereocenters. The van der Waals surface area contributed by atoms with Crippen LogP contribution < -0.4 is 5.73 Å². The summed E-state index contributed by atoms with van der Waals surface area (Å²) in [5.74, 6) is -0.777. The minimum absolute atomic E-state index is 0.226. The second kappa shape index (κ2) is 5.14. The molecule has 1 aromatic rings. The number of nitrogens with two attached hydrogens (primary N) is 1. The largest absolute Gasteiger partial charge is 0.374 e. The number of nitrogens with zero attached hydrogens (tertiary/aromatic N) is 2. The summed E-state index contributed by atoms with van der Waals surface area (Å²) in [4.78, 5) is 29.1. The Labute approximate surface area is 105 Å². The van der Waals surface area contributed by atoms with Crippen molar-refractivity contribution < 1.29 is 14.3 Å². The molecular formula is C12H15N3O3. The molecule has 1 aliphatic rings. The highest BCUT2D eigenvalue weighted by molar-refractivity contribution is 5.97. The Balaban J connectivity index is 2.25. The van der Waals surface area contributed by atoms with Crippen LogP contribution in [0.2, 0.25) is 0 Å². The van der Waals surface area contributed by atoms with E-state index in [1.165, 1.54) is 17.3 Å². The molecule has 6 nitrogen and oxygen atoms in total. The highest BCUT2D eigenvalue weighted by Crippen LogP contribution is 2.16. The van der Waals surface area contributed by atoms with Crippen molar-refractivity contribution >= 4 is 11.8 Å². The van der Waals surface area contributed by atoms with Gasteiger partial charge < -0.3 is 15.4 Å². The van der Waals surface area contributed by atoms with Crippen molar-refractivity contribution in [2.45, 2.75) is 19.1 Å². The predicted octanol–water partition coefficient (Wildman–Crippen LogP) is -0.204. The minimum Gasteiger partial charge on any atom is -0.374 e. The van der Waals surface area contributed by atoms with E-state index in [0.717, 1.165) is 0 Å². The van der Waals surface area contributed by atoms with Gasteiger partial charge in [-0.3, -0.25) is 14.6 Å². The highest BCUT2D eigenvalue weighted by Gasteiger charge is 2.36. The lowest BCUT2D eigenvalue weighted by molar-refractivity contribution is -0.132. The molecule has 1 saturated heterocycles. The fourth-order valence-electron chi connectivity index (χ4n) is 2.09. The average Bonchev–Trinajstić information content (AvgIpc) is 2.38. The van der Waals surface area contributed by atoms with Crippen LogP contribution in [0.3, 0.4) is 0 Å². The van der Waals surface area contributed by atoms with Crippen molar-refractivity contribution in [3.63, 3.8) is 0 Å². The maximum atomic E-state index is 12.3. The summed E-state index contributed by atoms with van der Waals surface area (Å²) in [5.41, 5.74) is 5.83. The minimum atomic E-state index is -0.723. The Morgan fingerprint density at radius 1 is 1.44 bits per heavy atom. The van der Waals surface area contributed by atoms with Gasteiger partial charge in [-0.05, 0) is 19.1 Å². The normalized spacial score (nSPS) is 23.7. The number of amides is 2. The van der Waals surface area contributed by atoms with E-state index in [9.17, 15) is 9.59 Å². The zero-order valence-electron chi connectivity index (χ0n) is 10.1. The quantitative estimate of drug-likeness (QED) is 0.786. The molecule has 96 valence electrons. The van der Waals surface area contributed by atoms with Gasteiger partial charge in [0.25, 0.3) is 5.91 Å². The number of primary amides is 1. The monoisotopic (exact) mass is 249 g/mol. The molecule has 0 bridgehead atoms. The number of pyridine rings is 1. The molecular weight excluding hydrogens is 234 g/mol. The van der Waals surface area contributed by atoms with E-state index in [-0.39, 0.29) is 12.0 Å². The molecule has 2 heterocycles. The van der Waals surface area contributed by atoms with Gasteiger partial charge in [-0.2, -0.15) is 0 Å². The maximum absolute atomic E-state index is 12.3. The van der Waals surface area contributed by atoms with Crippen LogP contribution in [0.25, 0.3) is 0 Å². The molecule has 2 N–H and O–H groups in total. The molecule has 1 fully saturated rings. The maximum Gasteiger partial charge on any atom is 0.254 e. The summed E-state index contributed by atoms with van der Waals surface area (Å²) in [6.07, 6.45) is 2.69. The van der Waals surface area contributed by atoms with Gasteiger partial charge in [-0.1, -0.05) is 0 Å². The molecule has 0 aromatic carbocycles. The fourth-order valence-corrected chi connectivity index (χ4v) is 2.09. The standard InChI is InChI=1S/C12H15N3O3/c1-8-10(11(13)16)15(6-7-18-8)12(17)9-2-4-14-5-3-9/h2-5,8,10H,6-7H2,1H3,(H2,13,16)/t8-,10+/m1/s1. The van der Waals surface area contributed by atoms with Gasteiger partial charge in [0.1, 0.15) is 6.04 Å². The molecule has 0 radical (unpaired) electrons. The third-order valence-corrected chi connectivity index (χ3v) is 2.97. The van der Waals surface area contributed by atoms with Crippen LogP contribution in [0.1, 0.15) is 17.3 Å². The third kappa shape index (κ3) is 2.33.